The van der Waals surface area contributed by atoms with Crippen LogP contribution in [0, 0.1) is 22.6 Å². The summed E-state index contributed by atoms with van der Waals surface area (Å²) >= 11 is 0. The van der Waals surface area contributed by atoms with Gasteiger partial charge in [0.15, 0.2) is 14.6 Å². The van der Waals surface area contributed by atoms with Crippen molar-refractivity contribution in [1.82, 2.24) is 0 Å². The highest BCUT2D eigenvalue weighted by Gasteiger charge is 2.62. The molecule has 0 aliphatic heterocycles. The molecule has 2 saturated carbocycles. The molecule has 0 aromatic heterocycles. The van der Waals surface area contributed by atoms with Crippen LogP contribution < -0.4 is 0 Å². The quantitative estimate of drug-likeness (QED) is 0.784. The first-order chi connectivity index (χ1) is 9.93. The second-order valence-corrected chi connectivity index (χ2v) is 8.74. The molecule has 3 nitrogen and oxygen atoms in total. The number of rotatable bonds is 2. The van der Waals surface area contributed by atoms with Crippen LogP contribution in [-0.4, -0.2) is 13.2 Å². The summed E-state index contributed by atoms with van der Waals surface area (Å²) in [6, 6.07) is 6.84. The van der Waals surface area contributed by atoms with Crippen molar-refractivity contribution < 1.29 is 12.8 Å². The van der Waals surface area contributed by atoms with Gasteiger partial charge in [-0.3, -0.25) is 0 Å². The Morgan fingerprint density at radius 3 is 2.14 bits per heavy atom. The lowest BCUT2D eigenvalue weighted by atomic mass is 9.56. The number of benzene rings is 1. The molecular weight excluding hydrogens is 289 g/mol. The Hall–Kier alpha value is -1.41. The van der Waals surface area contributed by atoms with Crippen LogP contribution in [0.2, 0.25) is 0 Å². The lowest BCUT2D eigenvalue weighted by Gasteiger charge is -2.53. The lowest BCUT2D eigenvalue weighted by molar-refractivity contribution is 0.0548. The van der Waals surface area contributed by atoms with E-state index >= 15 is 0 Å². The van der Waals surface area contributed by atoms with Crippen LogP contribution in [0.15, 0.2) is 29.2 Å². The highest BCUT2D eigenvalue weighted by atomic mass is 32.2. The van der Waals surface area contributed by atoms with Crippen LogP contribution in [0.4, 0.5) is 4.39 Å². The van der Waals surface area contributed by atoms with Gasteiger partial charge in [-0.2, -0.15) is 5.26 Å². The van der Waals surface area contributed by atoms with Crippen LogP contribution in [0.25, 0.3) is 0 Å². The molecule has 0 amide bonds. The Morgan fingerprint density at radius 1 is 1.05 bits per heavy atom. The normalized spacial score (nSPS) is 23.2. The first kappa shape index (κ1) is 14.5. The van der Waals surface area contributed by atoms with Crippen molar-refractivity contribution in [1.29, 1.82) is 5.26 Å². The monoisotopic (exact) mass is 307 g/mol. The molecule has 0 atom stereocenters. The highest BCUT2D eigenvalue weighted by Crippen LogP contribution is 2.60. The minimum atomic E-state index is -3.73. The average Bonchev–Trinajstić information content (AvgIpc) is 2.45. The van der Waals surface area contributed by atoms with Gasteiger partial charge in [-0.25, -0.2) is 12.8 Å². The minimum absolute atomic E-state index is 0.0427. The van der Waals surface area contributed by atoms with Crippen molar-refractivity contribution in [2.24, 2.45) is 5.41 Å². The summed E-state index contributed by atoms with van der Waals surface area (Å²) in [5.74, 6) is -0.475. The zero-order chi connectivity index (χ0) is 15.1. The van der Waals surface area contributed by atoms with Crippen molar-refractivity contribution in [3.05, 3.63) is 30.1 Å². The Balaban J connectivity index is 1.91. The van der Waals surface area contributed by atoms with E-state index in [9.17, 15) is 18.1 Å². The van der Waals surface area contributed by atoms with Gasteiger partial charge in [-0.15, -0.1) is 0 Å². The number of sulfone groups is 1. The average molecular weight is 307 g/mol. The van der Waals surface area contributed by atoms with Gasteiger partial charge in [-0.1, -0.05) is 19.3 Å². The molecule has 0 radical (unpaired) electrons. The molecule has 5 heteroatoms. The Bertz CT molecular complexity index is 674. The lowest BCUT2D eigenvalue weighted by Crippen LogP contribution is -2.56. The second-order valence-electron chi connectivity index (χ2n) is 6.48. The van der Waals surface area contributed by atoms with Gasteiger partial charge in [0.25, 0.3) is 0 Å². The van der Waals surface area contributed by atoms with Gasteiger partial charge in [-0.05, 0) is 55.4 Å². The van der Waals surface area contributed by atoms with E-state index in [1.807, 2.05) is 0 Å². The van der Waals surface area contributed by atoms with Gasteiger partial charge in [0.1, 0.15) is 5.82 Å². The maximum absolute atomic E-state index is 13.0. The fourth-order valence-electron chi connectivity index (χ4n) is 3.98. The second kappa shape index (κ2) is 4.81. The van der Waals surface area contributed by atoms with Gasteiger partial charge >= 0.3 is 0 Å². The molecule has 112 valence electrons. The SMILES string of the molecule is N#CC1(S(=O)(=O)c2ccc(F)cc2)CC2(CCCCC2)C1. The summed E-state index contributed by atoms with van der Waals surface area (Å²) in [5.41, 5.74) is 0.0427. The first-order valence-electron chi connectivity index (χ1n) is 7.35. The molecular formula is C16H18FNO2S. The molecule has 0 heterocycles. The predicted octanol–water partition coefficient (Wildman–Crippen LogP) is 3.61. The van der Waals surface area contributed by atoms with Crippen molar-refractivity contribution in [2.45, 2.75) is 54.6 Å². The number of halogens is 1. The predicted molar refractivity (Wildman–Crippen MR) is 76.7 cm³/mol. The van der Waals surface area contributed by atoms with Crippen LogP contribution >= 0.6 is 0 Å². The molecule has 2 aliphatic rings. The summed E-state index contributed by atoms with van der Waals surface area (Å²) in [4.78, 5) is 0.0520. The summed E-state index contributed by atoms with van der Waals surface area (Å²) in [6.45, 7) is 0. The fourth-order valence-corrected chi connectivity index (χ4v) is 6.04. The Labute approximate surface area is 124 Å². The maximum atomic E-state index is 13.0. The van der Waals surface area contributed by atoms with Crippen LogP contribution in [-0.2, 0) is 9.84 Å². The number of hydrogen-bond acceptors (Lipinski definition) is 3. The van der Waals surface area contributed by atoms with Crippen LogP contribution in [0.1, 0.15) is 44.9 Å². The van der Waals surface area contributed by atoms with Gasteiger partial charge in [0.2, 0.25) is 0 Å². The van der Waals surface area contributed by atoms with E-state index in [0.29, 0.717) is 12.8 Å². The molecule has 3 rings (SSSR count). The van der Waals surface area contributed by atoms with Crippen molar-refractivity contribution >= 4 is 9.84 Å². The van der Waals surface area contributed by atoms with Crippen LogP contribution in [0.3, 0.4) is 0 Å². The maximum Gasteiger partial charge on any atom is 0.197 e. The van der Waals surface area contributed by atoms with Crippen molar-refractivity contribution in [3.8, 4) is 6.07 Å². The number of nitriles is 1. The Morgan fingerprint density at radius 2 is 1.62 bits per heavy atom. The van der Waals surface area contributed by atoms with E-state index in [-0.39, 0.29) is 10.3 Å². The molecule has 0 saturated heterocycles. The minimum Gasteiger partial charge on any atom is -0.222 e. The smallest absolute Gasteiger partial charge is 0.197 e. The molecule has 2 fully saturated rings. The third-order valence-corrected chi connectivity index (χ3v) is 7.38. The number of hydrogen-bond donors (Lipinski definition) is 0. The van der Waals surface area contributed by atoms with E-state index < -0.39 is 20.4 Å². The summed E-state index contributed by atoms with van der Waals surface area (Å²) < 4.78 is 37.2. The molecule has 0 unspecified atom stereocenters. The summed E-state index contributed by atoms with van der Waals surface area (Å²) in [7, 11) is -3.73. The molecule has 0 N–H and O–H groups in total. The van der Waals surface area contributed by atoms with Crippen molar-refractivity contribution in [2.75, 3.05) is 0 Å². The van der Waals surface area contributed by atoms with E-state index in [2.05, 4.69) is 6.07 Å². The summed E-state index contributed by atoms with van der Waals surface area (Å²) in [5, 5.41) is 9.50. The molecule has 1 spiro atoms. The highest BCUT2D eigenvalue weighted by molar-refractivity contribution is 7.93. The summed E-state index contributed by atoms with van der Waals surface area (Å²) in [6.07, 6.45) is 6.35. The largest absolute Gasteiger partial charge is 0.222 e. The molecule has 1 aromatic rings. The topological polar surface area (TPSA) is 57.9 Å². The van der Waals surface area contributed by atoms with Gasteiger partial charge < -0.3 is 0 Å². The molecule has 21 heavy (non-hydrogen) atoms. The third-order valence-electron chi connectivity index (χ3n) is 5.08. The van der Waals surface area contributed by atoms with Crippen LogP contribution in [0.5, 0.6) is 0 Å². The zero-order valence-corrected chi connectivity index (χ0v) is 12.6. The Kier molecular flexibility index (Phi) is 3.32. The third kappa shape index (κ3) is 2.17. The van der Waals surface area contributed by atoms with E-state index in [0.717, 1.165) is 37.8 Å². The number of nitrogens with zero attached hydrogens (tertiary/aromatic N) is 1. The van der Waals surface area contributed by atoms with Crippen molar-refractivity contribution in [3.63, 3.8) is 0 Å². The fraction of sp³-hybridized carbons (Fsp3) is 0.562. The zero-order valence-electron chi connectivity index (χ0n) is 11.8. The van der Waals surface area contributed by atoms with Gasteiger partial charge in [0, 0.05) is 0 Å². The standard InChI is InChI=1S/C16H18FNO2S/c17-13-4-6-14(7-5-13)21(19,20)16(12-18)10-15(11-16)8-2-1-3-9-15/h4-7H,1-3,8-11H2. The molecule has 2 aliphatic carbocycles. The first-order valence-corrected chi connectivity index (χ1v) is 8.83. The van der Waals surface area contributed by atoms with E-state index in [1.165, 1.54) is 18.6 Å². The van der Waals surface area contributed by atoms with Gasteiger partial charge in [0.05, 0.1) is 11.0 Å². The molecule has 0 bridgehead atoms. The van der Waals surface area contributed by atoms with E-state index in [4.69, 9.17) is 0 Å². The van der Waals surface area contributed by atoms with E-state index in [1.54, 1.807) is 0 Å². The molecule has 1 aromatic carbocycles.